The Hall–Kier alpha value is -7.09. The molecule has 0 saturated carbocycles. The van der Waals surface area contributed by atoms with Crippen LogP contribution in [0.3, 0.4) is 0 Å². The topological polar surface area (TPSA) is 271 Å². The first-order valence-electron chi connectivity index (χ1n) is 27.1. The van der Waals surface area contributed by atoms with E-state index in [1.807, 2.05) is 88.8 Å². The number of hydrogen-bond acceptors (Lipinski definition) is 18. The van der Waals surface area contributed by atoms with Gasteiger partial charge in [0.05, 0.1) is 85.2 Å². The van der Waals surface area contributed by atoms with Crippen LogP contribution in [-0.4, -0.2) is 159 Å². The fourth-order valence-corrected chi connectivity index (χ4v) is 10.7. The fourth-order valence-electron chi connectivity index (χ4n) is 9.74. The number of benzene rings is 2. The molecule has 4 aromatic heterocycles. The summed E-state index contributed by atoms with van der Waals surface area (Å²) in [5, 5.41) is 32.0. The number of pyridine rings is 1. The molecule has 4 atom stereocenters. The molecule has 0 radical (unpaired) electrons. The van der Waals surface area contributed by atoms with Gasteiger partial charge in [0, 0.05) is 57.4 Å². The first kappa shape index (κ1) is 60.0. The van der Waals surface area contributed by atoms with Crippen LogP contribution >= 0.6 is 22.9 Å². The minimum Gasteiger partial charge on any atom is -0.478 e. The van der Waals surface area contributed by atoms with Gasteiger partial charge in [0.2, 0.25) is 23.7 Å². The number of thiazole rings is 1. The van der Waals surface area contributed by atoms with E-state index in [0.29, 0.717) is 60.3 Å². The van der Waals surface area contributed by atoms with Crippen LogP contribution in [0.4, 0.5) is 17.5 Å². The Kier molecular flexibility index (Phi) is 20.4. The van der Waals surface area contributed by atoms with E-state index in [9.17, 15) is 29.1 Å². The average Bonchev–Trinajstić information content (AvgIpc) is 4.21. The highest BCUT2D eigenvalue weighted by Crippen LogP contribution is 2.32. The van der Waals surface area contributed by atoms with Crippen molar-refractivity contribution in [3.8, 4) is 16.2 Å². The number of likely N-dealkylation sites (tertiary alicyclic amines) is 1. The summed E-state index contributed by atoms with van der Waals surface area (Å²) in [5.74, 6) is -0.202. The van der Waals surface area contributed by atoms with Gasteiger partial charge in [-0.2, -0.15) is 4.98 Å². The molecule has 0 unspecified atom stereocenters. The fraction of sp³-hybridized carbons (Fsp3) is 0.500. The summed E-state index contributed by atoms with van der Waals surface area (Å²) in [6, 6.07) is 12.8. The van der Waals surface area contributed by atoms with Crippen molar-refractivity contribution in [3.05, 3.63) is 98.8 Å². The Balaban J connectivity index is 0.694. The lowest BCUT2D eigenvalue weighted by molar-refractivity contribution is -0.144. The van der Waals surface area contributed by atoms with Crippen LogP contribution in [0.15, 0.2) is 71.2 Å². The first-order chi connectivity index (χ1) is 38.8. The number of rotatable bonds is 25. The second-order valence-electron chi connectivity index (χ2n) is 21.4. The van der Waals surface area contributed by atoms with Crippen molar-refractivity contribution in [2.45, 2.75) is 91.1 Å². The SMILES string of the molecule is CNC(=O)COc1cc2cc(Nc3nc(N4CCC(Cc5cn(CCOCCOCCOCC(=O)N[C@H](C(=O)N6C[C@H](O)C[C@H]6C(=O)N[C@@H](C)c6ccc(-c7scnc7C)cc6)C(C)(C)C)nn5)CC4)ncc3Cl)ccc2n(C)c1=O. The van der Waals surface area contributed by atoms with E-state index in [1.54, 1.807) is 35.3 Å². The number of piperidine rings is 1. The third kappa shape index (κ3) is 15.9. The first-order valence-corrected chi connectivity index (χ1v) is 28.3. The monoisotopic (exact) mass is 1150 g/mol. The van der Waals surface area contributed by atoms with E-state index in [4.69, 9.17) is 35.5 Å². The lowest BCUT2D eigenvalue weighted by Crippen LogP contribution is -2.58. The van der Waals surface area contributed by atoms with Crippen LogP contribution in [0.2, 0.25) is 5.02 Å². The van der Waals surface area contributed by atoms with Gasteiger partial charge in [0.15, 0.2) is 18.2 Å². The number of aryl methyl sites for hydroxylation is 2. The number of nitrogens with zero attached hydrogens (tertiary/aromatic N) is 9. The minimum absolute atomic E-state index is 0.0304. The summed E-state index contributed by atoms with van der Waals surface area (Å²) in [7, 11) is 3.15. The van der Waals surface area contributed by atoms with Gasteiger partial charge >= 0.3 is 0 Å². The normalized spacial score (nSPS) is 16.6. The second-order valence-corrected chi connectivity index (χ2v) is 22.6. The predicted octanol–water partition coefficient (Wildman–Crippen LogP) is 4.75. The minimum atomic E-state index is -0.984. The van der Waals surface area contributed by atoms with Crippen molar-refractivity contribution in [1.82, 2.24) is 55.4 Å². The molecule has 434 valence electrons. The highest BCUT2D eigenvalue weighted by atomic mass is 35.5. The number of halogens is 1. The maximum atomic E-state index is 14.1. The Morgan fingerprint density at radius 3 is 2.36 bits per heavy atom. The summed E-state index contributed by atoms with van der Waals surface area (Å²) in [6.07, 6.45) is 5.34. The third-order valence-corrected chi connectivity index (χ3v) is 15.6. The van der Waals surface area contributed by atoms with Crippen LogP contribution in [0.25, 0.3) is 21.3 Å². The maximum Gasteiger partial charge on any atom is 0.293 e. The van der Waals surface area contributed by atoms with Gasteiger partial charge in [-0.15, -0.1) is 16.4 Å². The van der Waals surface area contributed by atoms with Crippen LogP contribution in [0.1, 0.15) is 70.0 Å². The molecule has 23 nitrogen and oxygen atoms in total. The highest BCUT2D eigenvalue weighted by Gasteiger charge is 2.45. The molecular formula is C56H72ClN13O10S. The molecule has 2 aliphatic heterocycles. The molecule has 81 heavy (non-hydrogen) atoms. The Morgan fingerprint density at radius 1 is 0.926 bits per heavy atom. The Labute approximate surface area is 479 Å². The number of fused-ring (bicyclic) bond motifs is 1. The zero-order valence-electron chi connectivity index (χ0n) is 46.8. The molecule has 6 heterocycles. The molecular weight excluding hydrogens is 1080 g/mol. The molecule has 0 aliphatic carbocycles. The zero-order valence-corrected chi connectivity index (χ0v) is 48.3. The molecule has 2 aliphatic rings. The smallest absolute Gasteiger partial charge is 0.293 e. The van der Waals surface area contributed by atoms with Crippen molar-refractivity contribution in [2.24, 2.45) is 18.4 Å². The maximum absolute atomic E-state index is 14.1. The number of aromatic nitrogens is 7. The summed E-state index contributed by atoms with van der Waals surface area (Å²) >= 11 is 8.13. The number of anilines is 3. The van der Waals surface area contributed by atoms with E-state index in [0.717, 1.165) is 65.1 Å². The van der Waals surface area contributed by atoms with Gasteiger partial charge in [-0.3, -0.25) is 24.0 Å². The number of likely N-dealkylation sites (N-methyl/N-ethyl adjacent to an activating group) is 1. The average molecular weight is 1150 g/mol. The number of carbonyl (C=O) groups excluding carboxylic acids is 4. The lowest BCUT2D eigenvalue weighted by atomic mass is 9.85. The van der Waals surface area contributed by atoms with Crippen molar-refractivity contribution in [3.63, 3.8) is 0 Å². The summed E-state index contributed by atoms with van der Waals surface area (Å²) in [4.78, 5) is 83.6. The molecule has 2 aromatic carbocycles. The van der Waals surface area contributed by atoms with Crippen LogP contribution in [0, 0.1) is 18.3 Å². The molecule has 0 bridgehead atoms. The van der Waals surface area contributed by atoms with Crippen LogP contribution in [0.5, 0.6) is 5.75 Å². The molecule has 2 fully saturated rings. The molecule has 8 rings (SSSR count). The standard InChI is InChI=1S/C56H72ClN13O10S/c1-34(37-8-10-38(11-9-37)49-35(2)60-33-81-49)61-52(74)45-27-42(71)30-70(45)54(76)50(56(3,4)5)63-48(73)31-79-23-22-78-21-20-77-19-18-69-29-41(65-66-69)24-36-14-16-68(17-15-36)55-59-28-43(57)51(64-55)62-40-12-13-44-39(25-40)26-46(53(75)67(44)7)80-32-47(72)58-6/h8-13,25-26,28-29,33-34,36,42,45,50,71H,14-24,27,30-32H2,1-7H3,(H,58,72)(H,61,74)(H,63,73)(H,59,62,64)/t34-,42+,45-,50+/m0/s1. The number of aliphatic hydroxyl groups is 1. The van der Waals surface area contributed by atoms with E-state index in [1.165, 1.54) is 16.5 Å². The van der Waals surface area contributed by atoms with Crippen molar-refractivity contribution < 1.29 is 43.2 Å². The number of β-amino-alcohol motifs (C(OH)–C–C–N with tert-alkyl or cyclic N) is 1. The second kappa shape index (κ2) is 27.6. The molecule has 0 spiro atoms. The summed E-state index contributed by atoms with van der Waals surface area (Å²) in [5.41, 5.74) is 5.92. The number of hydrogen-bond donors (Lipinski definition) is 5. The van der Waals surface area contributed by atoms with Gasteiger partial charge in [-0.1, -0.05) is 61.9 Å². The van der Waals surface area contributed by atoms with Crippen molar-refractivity contribution >= 4 is 74.9 Å². The number of nitrogens with one attached hydrogen (secondary N) is 4. The van der Waals surface area contributed by atoms with E-state index >= 15 is 0 Å². The van der Waals surface area contributed by atoms with Gasteiger partial charge < -0.3 is 59.7 Å². The Bertz CT molecular complexity index is 3200. The van der Waals surface area contributed by atoms with Gasteiger partial charge in [-0.05, 0) is 79.8 Å². The van der Waals surface area contributed by atoms with Crippen molar-refractivity contribution in [2.75, 3.05) is 83.1 Å². The predicted molar refractivity (Wildman–Crippen MR) is 307 cm³/mol. The molecule has 4 amide bonds. The van der Waals surface area contributed by atoms with Gasteiger partial charge in [-0.25, -0.2) is 14.6 Å². The molecule has 2 saturated heterocycles. The molecule has 25 heteroatoms. The summed E-state index contributed by atoms with van der Waals surface area (Å²) in [6.45, 7) is 12.2. The Morgan fingerprint density at radius 2 is 1.65 bits per heavy atom. The highest BCUT2D eigenvalue weighted by molar-refractivity contribution is 7.13. The lowest BCUT2D eigenvalue weighted by Gasteiger charge is -2.35. The van der Waals surface area contributed by atoms with E-state index in [2.05, 4.69) is 46.4 Å². The quantitative estimate of drug-likeness (QED) is 0.0484. The van der Waals surface area contributed by atoms with E-state index in [-0.39, 0.29) is 68.6 Å². The molecule has 5 N–H and O–H groups in total. The van der Waals surface area contributed by atoms with Gasteiger partial charge in [0.1, 0.15) is 23.7 Å². The van der Waals surface area contributed by atoms with Crippen LogP contribution in [-0.2, 0) is 53.4 Å². The van der Waals surface area contributed by atoms with E-state index < -0.39 is 35.4 Å². The summed E-state index contributed by atoms with van der Waals surface area (Å²) < 4.78 is 25.7. The number of carbonyl (C=O) groups is 4. The zero-order chi connectivity index (χ0) is 57.8. The van der Waals surface area contributed by atoms with Gasteiger partial charge in [0.25, 0.3) is 11.5 Å². The third-order valence-electron chi connectivity index (χ3n) is 14.3. The number of amides is 4. The van der Waals surface area contributed by atoms with Crippen LogP contribution < -0.4 is 36.5 Å². The number of ether oxygens (including phenoxy) is 4. The number of aliphatic hydroxyl groups excluding tert-OH is 1. The largest absolute Gasteiger partial charge is 0.478 e. The van der Waals surface area contributed by atoms with Crippen molar-refractivity contribution in [1.29, 1.82) is 0 Å². The molecule has 6 aromatic rings.